The van der Waals surface area contributed by atoms with Crippen molar-refractivity contribution in [3.63, 3.8) is 0 Å². The van der Waals surface area contributed by atoms with E-state index in [0.29, 0.717) is 0 Å². The average Bonchev–Trinajstić information content (AvgIpc) is 3.33. The van der Waals surface area contributed by atoms with Crippen molar-refractivity contribution in [2.45, 2.75) is 57.8 Å². The Morgan fingerprint density at radius 2 is 1.39 bits per heavy atom. The van der Waals surface area contributed by atoms with Crippen LogP contribution >= 0.6 is 11.6 Å². The Kier molecular flexibility index (Phi) is 7.95. The fraction of sp³-hybridized carbons (Fsp3) is 0.275. The summed E-state index contributed by atoms with van der Waals surface area (Å²) in [5.74, 6) is 0. The molecule has 2 nitrogen and oxygen atoms in total. The Labute approximate surface area is 284 Å². The maximum absolute atomic E-state index is 7.16. The van der Waals surface area contributed by atoms with Crippen LogP contribution in [0.1, 0.15) is 58.1 Å². The standard InChI is InChI=1S/C40H40ClN2.HI/c1-39(2)34(42(5)32-22-18-26-12-7-9-16-30(26)36(32)39)24-20-28-14-11-15-29(38(28)41)21-25-35-40(3,4)37-31-17-10-8-13-27(31)19-23-33(37)43(35)6;/h7-10,12-13,16-25H,11,14-15H2,1-6H3;1H/q+1;/p-1. The molecule has 4 aromatic rings. The Bertz CT molecular complexity index is 1990. The van der Waals surface area contributed by atoms with Gasteiger partial charge in [-0.05, 0) is 89.6 Å². The topological polar surface area (TPSA) is 6.25 Å². The Balaban J connectivity index is 0.00000343. The molecule has 0 spiro atoms. The number of rotatable bonds is 3. The molecule has 0 fully saturated rings. The molecule has 0 radical (unpaired) electrons. The Hall–Kier alpha value is -3.15. The van der Waals surface area contributed by atoms with Crippen molar-refractivity contribution in [1.29, 1.82) is 0 Å². The molecule has 1 aliphatic carbocycles. The van der Waals surface area contributed by atoms with Crippen molar-refractivity contribution in [3.8, 4) is 0 Å². The highest BCUT2D eigenvalue weighted by molar-refractivity contribution is 6.32. The van der Waals surface area contributed by atoms with Crippen molar-refractivity contribution in [2.24, 2.45) is 0 Å². The van der Waals surface area contributed by atoms with Crippen LogP contribution in [0.25, 0.3) is 21.5 Å². The van der Waals surface area contributed by atoms with Crippen molar-refractivity contribution in [2.75, 3.05) is 19.0 Å². The molecule has 0 saturated heterocycles. The molecule has 0 N–H and O–H groups in total. The molecule has 44 heavy (non-hydrogen) atoms. The van der Waals surface area contributed by atoms with Crippen molar-refractivity contribution in [3.05, 3.63) is 130 Å². The van der Waals surface area contributed by atoms with Crippen LogP contribution in [0.4, 0.5) is 11.4 Å². The zero-order chi connectivity index (χ0) is 30.1. The first-order chi connectivity index (χ1) is 20.6. The van der Waals surface area contributed by atoms with E-state index >= 15 is 0 Å². The van der Waals surface area contributed by atoms with Crippen LogP contribution in [0.15, 0.2) is 119 Å². The molecule has 4 aromatic carbocycles. The van der Waals surface area contributed by atoms with Crippen molar-refractivity contribution >= 4 is 50.2 Å². The molecule has 0 aromatic heterocycles. The van der Waals surface area contributed by atoms with Crippen LogP contribution in [0.5, 0.6) is 0 Å². The second kappa shape index (κ2) is 11.3. The van der Waals surface area contributed by atoms with E-state index in [0.717, 1.165) is 24.3 Å². The second-order valence-electron chi connectivity index (χ2n) is 13.4. The molecule has 7 rings (SSSR count). The number of hydrogen-bond acceptors (Lipinski definition) is 1. The zero-order valence-corrected chi connectivity index (χ0v) is 29.4. The molecular weight excluding hydrogens is 671 g/mol. The van der Waals surface area contributed by atoms with Gasteiger partial charge in [0.1, 0.15) is 7.05 Å². The Morgan fingerprint density at radius 1 is 0.750 bits per heavy atom. The molecule has 224 valence electrons. The third-order valence-corrected chi connectivity index (χ3v) is 10.6. The summed E-state index contributed by atoms with van der Waals surface area (Å²) >= 11 is 7.16. The first-order valence-electron chi connectivity index (χ1n) is 15.5. The highest BCUT2D eigenvalue weighted by atomic mass is 127. The van der Waals surface area contributed by atoms with E-state index in [1.807, 2.05) is 0 Å². The first-order valence-corrected chi connectivity index (χ1v) is 15.9. The van der Waals surface area contributed by atoms with Crippen LogP contribution < -0.4 is 28.9 Å². The zero-order valence-electron chi connectivity index (χ0n) is 26.5. The molecule has 3 aliphatic rings. The number of allylic oxidation sites excluding steroid dienone is 8. The fourth-order valence-corrected chi connectivity index (χ4v) is 8.27. The van der Waals surface area contributed by atoms with Gasteiger partial charge in [0.2, 0.25) is 5.69 Å². The quantitative estimate of drug-likeness (QED) is 0.158. The number of fused-ring (bicyclic) bond motifs is 6. The largest absolute Gasteiger partial charge is 1.00 e. The lowest BCUT2D eigenvalue weighted by Gasteiger charge is -2.25. The summed E-state index contributed by atoms with van der Waals surface area (Å²) in [5, 5.41) is 6.17. The third kappa shape index (κ3) is 4.70. The maximum Gasteiger partial charge on any atom is 0.210 e. The van der Waals surface area contributed by atoms with Crippen molar-refractivity contribution < 1.29 is 28.6 Å². The summed E-state index contributed by atoms with van der Waals surface area (Å²) < 4.78 is 2.36. The molecule has 0 bridgehead atoms. The molecule has 0 unspecified atom stereocenters. The van der Waals surface area contributed by atoms with Crippen LogP contribution in [0.2, 0.25) is 0 Å². The predicted octanol–water partition coefficient (Wildman–Crippen LogP) is 7.47. The maximum atomic E-state index is 7.16. The molecule has 0 amide bonds. The van der Waals surface area contributed by atoms with E-state index in [4.69, 9.17) is 11.6 Å². The fourth-order valence-electron chi connectivity index (χ4n) is 7.95. The molecule has 2 heterocycles. The lowest BCUT2D eigenvalue weighted by molar-refractivity contribution is -0.401. The van der Waals surface area contributed by atoms with Crippen LogP contribution in [-0.4, -0.2) is 24.4 Å². The minimum absolute atomic E-state index is 0. The van der Waals surface area contributed by atoms with Gasteiger partial charge in [0, 0.05) is 46.6 Å². The van der Waals surface area contributed by atoms with E-state index in [1.165, 1.54) is 66.6 Å². The van der Waals surface area contributed by atoms with Gasteiger partial charge in [0.05, 0.1) is 5.41 Å². The molecule has 2 aliphatic heterocycles. The molecule has 0 saturated carbocycles. The summed E-state index contributed by atoms with van der Waals surface area (Å²) in [6.07, 6.45) is 12.3. The third-order valence-electron chi connectivity index (χ3n) is 10.1. The van der Waals surface area contributed by atoms with Gasteiger partial charge in [-0.2, -0.15) is 4.58 Å². The van der Waals surface area contributed by atoms with Crippen molar-refractivity contribution in [1.82, 2.24) is 0 Å². The average molecular weight is 711 g/mol. The van der Waals surface area contributed by atoms with E-state index in [9.17, 15) is 0 Å². The second-order valence-corrected chi connectivity index (χ2v) is 13.8. The summed E-state index contributed by atoms with van der Waals surface area (Å²) in [6.45, 7) is 9.38. The highest BCUT2D eigenvalue weighted by Crippen LogP contribution is 2.50. The normalized spacial score (nSPS) is 20.8. The van der Waals surface area contributed by atoms with E-state index < -0.39 is 0 Å². The SMILES string of the molecule is CN1/C(=C\C=C2/CCCC(/C=C/C3=[N+](C)c4ccc5ccccc5c4C3(C)C)=C2Cl)C(C)(C)c2c1ccc1ccccc21.[I-]. The lowest BCUT2D eigenvalue weighted by atomic mass is 9.79. The highest BCUT2D eigenvalue weighted by Gasteiger charge is 2.44. The smallest absolute Gasteiger partial charge is 0.210 e. The van der Waals surface area contributed by atoms with Gasteiger partial charge < -0.3 is 28.9 Å². The van der Waals surface area contributed by atoms with E-state index in [1.54, 1.807) is 0 Å². The van der Waals surface area contributed by atoms with Gasteiger partial charge in [-0.15, -0.1) is 0 Å². The number of likely N-dealkylation sites (N-methyl/N-ethyl adjacent to an activating group) is 1. The van der Waals surface area contributed by atoms with Gasteiger partial charge in [0.15, 0.2) is 5.71 Å². The summed E-state index contributed by atoms with van der Waals surface area (Å²) in [4.78, 5) is 2.36. The number of halogens is 2. The van der Waals surface area contributed by atoms with Gasteiger partial charge in [0.25, 0.3) is 0 Å². The molecule has 4 heteroatoms. The molecular formula is C40H40ClIN2. The number of hydrogen-bond donors (Lipinski definition) is 0. The Morgan fingerprint density at radius 3 is 2.09 bits per heavy atom. The van der Waals surface area contributed by atoms with Crippen LogP contribution in [-0.2, 0) is 10.8 Å². The number of benzene rings is 4. The number of nitrogens with zero attached hydrogens (tertiary/aromatic N) is 2. The van der Waals surface area contributed by atoms with Gasteiger partial charge in [-0.25, -0.2) is 0 Å². The van der Waals surface area contributed by atoms with Gasteiger partial charge in [-0.3, -0.25) is 0 Å². The van der Waals surface area contributed by atoms with Gasteiger partial charge >= 0.3 is 0 Å². The minimum Gasteiger partial charge on any atom is -1.00 e. The lowest BCUT2D eigenvalue weighted by Crippen LogP contribution is -3.00. The number of anilines is 1. The van der Waals surface area contributed by atoms with E-state index in [-0.39, 0.29) is 34.8 Å². The summed E-state index contributed by atoms with van der Waals surface area (Å²) in [6, 6.07) is 26.5. The van der Waals surface area contributed by atoms with Crippen LogP contribution in [0.3, 0.4) is 0 Å². The summed E-state index contributed by atoms with van der Waals surface area (Å²) in [5.41, 5.74) is 10.2. The predicted molar refractivity (Wildman–Crippen MR) is 185 cm³/mol. The van der Waals surface area contributed by atoms with Gasteiger partial charge in [-0.1, -0.05) is 92.2 Å². The molecule has 0 atom stereocenters. The van der Waals surface area contributed by atoms with Crippen LogP contribution in [0, 0.1) is 0 Å². The summed E-state index contributed by atoms with van der Waals surface area (Å²) in [7, 11) is 4.38. The monoisotopic (exact) mass is 710 g/mol. The minimum atomic E-state index is -0.107. The first kappa shape index (κ1) is 30.9. The van der Waals surface area contributed by atoms with E-state index in [2.05, 4.69) is 148 Å².